The van der Waals surface area contributed by atoms with Gasteiger partial charge in [0.15, 0.2) is 0 Å². The van der Waals surface area contributed by atoms with Crippen molar-refractivity contribution >= 4 is 11.4 Å². The van der Waals surface area contributed by atoms with Gasteiger partial charge in [-0.2, -0.15) is 36.6 Å². The van der Waals surface area contributed by atoms with Crippen molar-refractivity contribution in [2.45, 2.75) is 12.4 Å². The highest BCUT2D eigenvalue weighted by Gasteiger charge is 2.30. The maximum Gasteiger partial charge on any atom is 0.416 e. The van der Waals surface area contributed by atoms with Crippen LogP contribution in [0.1, 0.15) is 11.1 Å². The molecule has 0 heterocycles. The minimum Gasteiger partial charge on any atom is -0.166 e. The van der Waals surface area contributed by atoms with Gasteiger partial charge in [-0.3, -0.25) is 0 Å². The van der Waals surface area contributed by atoms with E-state index in [1.807, 2.05) is 0 Å². The van der Waals surface area contributed by atoms with Crippen LogP contribution in [0.15, 0.2) is 58.8 Å². The zero-order valence-electron chi connectivity index (χ0n) is 10.8. The first-order chi connectivity index (χ1) is 10.2. The molecule has 0 saturated carbocycles. The quantitative estimate of drug-likeness (QED) is 0.469. The normalized spacial score (nSPS) is 12.8. The van der Waals surface area contributed by atoms with Gasteiger partial charge in [-0.15, -0.1) is 0 Å². The van der Waals surface area contributed by atoms with Crippen molar-refractivity contribution in [2.75, 3.05) is 0 Å². The van der Waals surface area contributed by atoms with Crippen molar-refractivity contribution in [3.63, 3.8) is 0 Å². The first kappa shape index (κ1) is 16.0. The number of hydrogen-bond acceptors (Lipinski definition) is 2. The lowest BCUT2D eigenvalue weighted by molar-refractivity contribution is -0.138. The van der Waals surface area contributed by atoms with Crippen LogP contribution >= 0.6 is 0 Å². The molecule has 0 amide bonds. The third-order valence-electron chi connectivity index (χ3n) is 2.67. The Morgan fingerprint density at radius 3 is 1.00 bits per heavy atom. The molecular weight excluding hydrogens is 310 g/mol. The lowest BCUT2D eigenvalue weighted by atomic mass is 10.2. The molecule has 0 aliphatic rings. The predicted octanol–water partition coefficient (Wildman–Crippen LogP) is 6.14. The molecule has 22 heavy (non-hydrogen) atoms. The molecule has 2 aromatic carbocycles. The Balaban J connectivity index is 2.12. The number of halogens is 6. The summed E-state index contributed by atoms with van der Waals surface area (Å²) in [7, 11) is 0. The fraction of sp³-hybridized carbons (Fsp3) is 0.143. The van der Waals surface area contributed by atoms with E-state index in [0.717, 1.165) is 48.5 Å². The largest absolute Gasteiger partial charge is 0.416 e. The van der Waals surface area contributed by atoms with E-state index in [4.69, 9.17) is 0 Å². The second kappa shape index (κ2) is 5.78. The molecule has 0 aromatic heterocycles. The van der Waals surface area contributed by atoms with Gasteiger partial charge in [0.1, 0.15) is 0 Å². The predicted molar refractivity (Wildman–Crippen MR) is 67.1 cm³/mol. The highest BCUT2D eigenvalue weighted by atomic mass is 19.4. The van der Waals surface area contributed by atoms with E-state index in [0.29, 0.717) is 0 Å². The van der Waals surface area contributed by atoms with Gasteiger partial charge in [0.2, 0.25) is 0 Å². The summed E-state index contributed by atoms with van der Waals surface area (Å²) < 4.78 is 74.2. The Morgan fingerprint density at radius 2 is 0.773 bits per heavy atom. The lowest BCUT2D eigenvalue weighted by Crippen LogP contribution is -2.03. The SMILES string of the molecule is FC(F)(F)c1ccc(N=Nc2ccc(C(F)(F)F)cc2)cc1. The second-order valence-corrected chi connectivity index (χ2v) is 4.29. The number of benzene rings is 2. The van der Waals surface area contributed by atoms with E-state index in [1.54, 1.807) is 0 Å². The summed E-state index contributed by atoms with van der Waals surface area (Å²) in [5.74, 6) is 0. The van der Waals surface area contributed by atoms with Crippen molar-refractivity contribution in [1.82, 2.24) is 0 Å². The van der Waals surface area contributed by atoms with Crippen molar-refractivity contribution in [1.29, 1.82) is 0 Å². The maximum absolute atomic E-state index is 12.4. The molecule has 0 saturated heterocycles. The van der Waals surface area contributed by atoms with E-state index in [-0.39, 0.29) is 11.4 Å². The molecule has 0 spiro atoms. The summed E-state index contributed by atoms with van der Waals surface area (Å²) in [4.78, 5) is 0. The topological polar surface area (TPSA) is 24.7 Å². The van der Waals surface area contributed by atoms with Crippen LogP contribution in [0.5, 0.6) is 0 Å². The van der Waals surface area contributed by atoms with Crippen LogP contribution in [0.2, 0.25) is 0 Å². The first-order valence-electron chi connectivity index (χ1n) is 5.92. The Morgan fingerprint density at radius 1 is 0.500 bits per heavy atom. The molecule has 0 aliphatic heterocycles. The fourth-order valence-corrected chi connectivity index (χ4v) is 1.55. The van der Waals surface area contributed by atoms with Gasteiger partial charge in [0.25, 0.3) is 0 Å². The van der Waals surface area contributed by atoms with E-state index >= 15 is 0 Å². The molecule has 0 fully saturated rings. The van der Waals surface area contributed by atoms with Gasteiger partial charge >= 0.3 is 12.4 Å². The van der Waals surface area contributed by atoms with E-state index in [9.17, 15) is 26.3 Å². The van der Waals surface area contributed by atoms with Crippen LogP contribution in [-0.2, 0) is 12.4 Å². The summed E-state index contributed by atoms with van der Waals surface area (Å²) in [6.45, 7) is 0. The summed E-state index contributed by atoms with van der Waals surface area (Å²) in [5.41, 5.74) is -1.32. The molecule has 0 aliphatic carbocycles. The van der Waals surface area contributed by atoms with Crippen LogP contribution in [0.25, 0.3) is 0 Å². The lowest BCUT2D eigenvalue weighted by Gasteiger charge is -2.06. The minimum absolute atomic E-state index is 0.160. The zero-order valence-corrected chi connectivity index (χ0v) is 10.8. The maximum atomic E-state index is 12.4. The van der Waals surface area contributed by atoms with Gasteiger partial charge in [0.05, 0.1) is 22.5 Å². The molecule has 0 unspecified atom stereocenters. The Kier molecular flexibility index (Phi) is 4.20. The average Bonchev–Trinajstić information content (AvgIpc) is 2.44. The highest BCUT2D eigenvalue weighted by molar-refractivity contribution is 5.42. The van der Waals surface area contributed by atoms with Gasteiger partial charge < -0.3 is 0 Å². The van der Waals surface area contributed by atoms with Crippen molar-refractivity contribution in [3.05, 3.63) is 59.7 Å². The number of hydrogen-bond donors (Lipinski definition) is 0. The van der Waals surface area contributed by atoms with E-state index < -0.39 is 23.5 Å². The number of alkyl halides is 6. The Bertz CT molecular complexity index is 594. The molecular formula is C14H8F6N2. The van der Waals surface area contributed by atoms with Gasteiger partial charge in [-0.1, -0.05) is 0 Å². The van der Waals surface area contributed by atoms with Crippen LogP contribution < -0.4 is 0 Å². The molecule has 0 N–H and O–H groups in total. The number of nitrogens with zero attached hydrogens (tertiary/aromatic N) is 2. The molecule has 2 aromatic rings. The monoisotopic (exact) mass is 318 g/mol. The fourth-order valence-electron chi connectivity index (χ4n) is 1.55. The first-order valence-corrected chi connectivity index (χ1v) is 5.92. The number of azo groups is 1. The van der Waals surface area contributed by atoms with Gasteiger partial charge in [0, 0.05) is 0 Å². The average molecular weight is 318 g/mol. The van der Waals surface area contributed by atoms with Crippen LogP contribution in [-0.4, -0.2) is 0 Å². The zero-order chi connectivity index (χ0) is 16.4. The van der Waals surface area contributed by atoms with Crippen LogP contribution in [0.4, 0.5) is 37.7 Å². The Hall–Kier alpha value is -2.38. The molecule has 2 rings (SSSR count). The summed E-state index contributed by atoms with van der Waals surface area (Å²) in [5, 5.41) is 7.34. The highest BCUT2D eigenvalue weighted by Crippen LogP contribution is 2.32. The molecule has 0 bridgehead atoms. The minimum atomic E-state index is -4.44. The molecule has 8 heteroatoms. The molecule has 116 valence electrons. The van der Waals surface area contributed by atoms with Gasteiger partial charge in [-0.05, 0) is 48.5 Å². The van der Waals surface area contributed by atoms with Crippen molar-refractivity contribution in [2.24, 2.45) is 10.2 Å². The summed E-state index contributed by atoms with van der Waals surface area (Å²) in [6, 6.07) is 7.88. The third-order valence-corrected chi connectivity index (χ3v) is 2.67. The van der Waals surface area contributed by atoms with Crippen molar-refractivity contribution in [3.8, 4) is 0 Å². The second-order valence-electron chi connectivity index (χ2n) is 4.29. The molecule has 0 atom stereocenters. The summed E-state index contributed by atoms with van der Waals surface area (Å²) in [6.07, 6.45) is -8.88. The summed E-state index contributed by atoms with van der Waals surface area (Å²) >= 11 is 0. The van der Waals surface area contributed by atoms with Crippen molar-refractivity contribution < 1.29 is 26.3 Å². The van der Waals surface area contributed by atoms with E-state index in [1.165, 1.54) is 0 Å². The third kappa shape index (κ3) is 4.06. The number of rotatable bonds is 2. The molecule has 0 radical (unpaired) electrons. The van der Waals surface area contributed by atoms with Gasteiger partial charge in [-0.25, -0.2) is 0 Å². The van der Waals surface area contributed by atoms with Crippen LogP contribution in [0.3, 0.4) is 0 Å². The smallest absolute Gasteiger partial charge is 0.166 e. The molecule has 2 nitrogen and oxygen atoms in total. The van der Waals surface area contributed by atoms with E-state index in [2.05, 4.69) is 10.2 Å². The standard InChI is InChI=1S/C14H8F6N2/c15-13(16,17)9-1-5-11(6-2-9)21-22-12-7-3-10(4-8-12)14(18,19)20/h1-8H. The Labute approximate surface area is 121 Å². The van der Waals surface area contributed by atoms with Crippen LogP contribution in [0, 0.1) is 0 Å².